The summed E-state index contributed by atoms with van der Waals surface area (Å²) in [5.74, 6) is 2.96. The Labute approximate surface area is 187 Å². The molecule has 0 aliphatic rings. The molecule has 2 aromatic heterocycles. The number of ether oxygens (including phenoxy) is 2. The van der Waals surface area contributed by atoms with Gasteiger partial charge in [0.05, 0.1) is 18.9 Å². The van der Waals surface area contributed by atoms with Crippen LogP contribution in [0.2, 0.25) is 0 Å². The van der Waals surface area contributed by atoms with E-state index in [9.17, 15) is 0 Å². The average Bonchev–Trinajstić information content (AvgIpc) is 3.14. The summed E-state index contributed by atoms with van der Waals surface area (Å²) in [6, 6.07) is 7.61. The van der Waals surface area contributed by atoms with E-state index in [4.69, 9.17) is 25.9 Å². The van der Waals surface area contributed by atoms with Gasteiger partial charge in [-0.3, -0.25) is 0 Å². The van der Waals surface area contributed by atoms with Gasteiger partial charge in [-0.15, -0.1) is 11.3 Å². The summed E-state index contributed by atoms with van der Waals surface area (Å²) in [5.41, 5.74) is 13.7. The van der Waals surface area contributed by atoms with Gasteiger partial charge in [-0.1, -0.05) is 20.3 Å². The molecule has 0 fully saturated rings. The first-order valence-electron chi connectivity index (χ1n) is 10.8. The first-order valence-corrected chi connectivity index (χ1v) is 11.6. The van der Waals surface area contributed by atoms with Crippen LogP contribution in [-0.4, -0.2) is 28.2 Å². The number of nitrogens with two attached hydrogens (primary N) is 2. The highest BCUT2D eigenvalue weighted by atomic mass is 32.1. The minimum Gasteiger partial charge on any atom is -0.490 e. The molecule has 0 aliphatic heterocycles. The SMILES string of the molecule is CCCOc1ccc(-c2nc(CCc3nc(N)cc(N)n3)c(CCC)s2)cc1OCC. The zero-order valence-corrected chi connectivity index (χ0v) is 19.3. The monoisotopic (exact) mass is 441 g/mol. The van der Waals surface area contributed by atoms with Crippen molar-refractivity contribution in [3.8, 4) is 22.1 Å². The van der Waals surface area contributed by atoms with Crippen LogP contribution in [0, 0.1) is 0 Å². The minimum atomic E-state index is 0.393. The van der Waals surface area contributed by atoms with Gasteiger partial charge >= 0.3 is 0 Å². The third-order valence-corrected chi connectivity index (χ3v) is 5.81. The quantitative estimate of drug-likeness (QED) is 0.444. The summed E-state index contributed by atoms with van der Waals surface area (Å²) in [5, 5.41) is 0.981. The van der Waals surface area contributed by atoms with Crippen LogP contribution in [0.1, 0.15) is 50.0 Å². The third-order valence-electron chi connectivity index (χ3n) is 4.60. The summed E-state index contributed by atoms with van der Waals surface area (Å²) in [7, 11) is 0. The summed E-state index contributed by atoms with van der Waals surface area (Å²) < 4.78 is 11.6. The molecule has 8 heteroatoms. The van der Waals surface area contributed by atoms with E-state index in [-0.39, 0.29) is 0 Å². The van der Waals surface area contributed by atoms with Crippen molar-refractivity contribution in [2.45, 2.75) is 52.9 Å². The zero-order valence-electron chi connectivity index (χ0n) is 18.5. The lowest BCUT2D eigenvalue weighted by atomic mass is 10.1. The van der Waals surface area contributed by atoms with Crippen LogP contribution in [0.5, 0.6) is 11.5 Å². The molecule has 31 heavy (non-hydrogen) atoms. The van der Waals surface area contributed by atoms with E-state index < -0.39 is 0 Å². The third kappa shape index (κ3) is 6.07. The lowest BCUT2D eigenvalue weighted by molar-refractivity contribution is 0.277. The van der Waals surface area contributed by atoms with E-state index in [1.165, 1.54) is 4.88 Å². The molecular weight excluding hydrogens is 410 g/mol. The van der Waals surface area contributed by atoms with Crippen molar-refractivity contribution in [2.24, 2.45) is 0 Å². The molecule has 3 rings (SSSR count). The molecule has 0 saturated carbocycles. The van der Waals surface area contributed by atoms with E-state index in [0.717, 1.165) is 53.4 Å². The molecule has 3 aromatic rings. The molecule has 0 aliphatic carbocycles. The molecule has 0 amide bonds. The number of aryl methyl sites for hydroxylation is 3. The molecule has 4 N–H and O–H groups in total. The van der Waals surface area contributed by atoms with Crippen LogP contribution in [0.25, 0.3) is 10.6 Å². The largest absolute Gasteiger partial charge is 0.490 e. The summed E-state index contributed by atoms with van der Waals surface area (Å²) in [6.45, 7) is 7.49. The van der Waals surface area contributed by atoms with Gasteiger partial charge in [0.15, 0.2) is 11.5 Å². The number of hydrogen-bond donors (Lipinski definition) is 2. The molecule has 166 valence electrons. The Morgan fingerprint density at radius 3 is 2.29 bits per heavy atom. The number of nitrogen functional groups attached to an aromatic ring is 2. The average molecular weight is 442 g/mol. The second kappa shape index (κ2) is 10.9. The summed E-state index contributed by atoms with van der Waals surface area (Å²) >= 11 is 1.73. The zero-order chi connectivity index (χ0) is 22.2. The molecule has 0 unspecified atom stereocenters. The highest BCUT2D eigenvalue weighted by molar-refractivity contribution is 7.15. The van der Waals surface area contributed by atoms with Crippen molar-refractivity contribution < 1.29 is 9.47 Å². The number of thiazole rings is 1. The van der Waals surface area contributed by atoms with Gasteiger partial charge in [-0.25, -0.2) is 15.0 Å². The van der Waals surface area contributed by atoms with Crippen molar-refractivity contribution in [1.82, 2.24) is 15.0 Å². The fourth-order valence-electron chi connectivity index (χ4n) is 3.25. The normalized spacial score (nSPS) is 10.9. The van der Waals surface area contributed by atoms with Gasteiger partial charge in [0.1, 0.15) is 22.5 Å². The molecule has 0 atom stereocenters. The first-order chi connectivity index (χ1) is 15.0. The predicted molar refractivity (Wildman–Crippen MR) is 127 cm³/mol. The Bertz CT molecular complexity index is 985. The maximum atomic E-state index is 5.83. The lowest BCUT2D eigenvalue weighted by Gasteiger charge is -2.12. The Morgan fingerprint density at radius 2 is 1.61 bits per heavy atom. The second-order valence-electron chi connectivity index (χ2n) is 7.22. The van der Waals surface area contributed by atoms with Crippen molar-refractivity contribution >= 4 is 23.0 Å². The second-order valence-corrected chi connectivity index (χ2v) is 8.30. The molecule has 2 heterocycles. The van der Waals surface area contributed by atoms with Gasteiger partial charge in [-0.2, -0.15) is 0 Å². The Hall–Kier alpha value is -2.87. The number of aromatic nitrogens is 3. The highest BCUT2D eigenvalue weighted by Crippen LogP contribution is 2.36. The molecule has 1 aromatic carbocycles. The molecule has 0 radical (unpaired) electrons. The van der Waals surface area contributed by atoms with Crippen LogP contribution in [0.15, 0.2) is 24.3 Å². The highest BCUT2D eigenvalue weighted by Gasteiger charge is 2.15. The van der Waals surface area contributed by atoms with E-state index >= 15 is 0 Å². The van der Waals surface area contributed by atoms with Gasteiger partial charge in [0.2, 0.25) is 0 Å². The summed E-state index contributed by atoms with van der Waals surface area (Å²) in [4.78, 5) is 14.8. The van der Waals surface area contributed by atoms with Crippen molar-refractivity contribution in [3.05, 3.63) is 40.7 Å². The Morgan fingerprint density at radius 1 is 0.839 bits per heavy atom. The van der Waals surface area contributed by atoms with E-state index in [1.54, 1.807) is 17.4 Å². The number of nitrogens with zero attached hydrogens (tertiary/aromatic N) is 3. The lowest BCUT2D eigenvalue weighted by Crippen LogP contribution is -2.05. The van der Waals surface area contributed by atoms with E-state index in [0.29, 0.717) is 37.1 Å². The van der Waals surface area contributed by atoms with Crippen LogP contribution in [0.3, 0.4) is 0 Å². The van der Waals surface area contributed by atoms with Crippen molar-refractivity contribution in [1.29, 1.82) is 0 Å². The van der Waals surface area contributed by atoms with Crippen LogP contribution in [-0.2, 0) is 19.3 Å². The molecule has 0 spiro atoms. The Balaban J connectivity index is 1.85. The van der Waals surface area contributed by atoms with Crippen LogP contribution >= 0.6 is 11.3 Å². The van der Waals surface area contributed by atoms with Crippen molar-refractivity contribution in [2.75, 3.05) is 24.7 Å². The number of benzene rings is 1. The maximum absolute atomic E-state index is 5.83. The van der Waals surface area contributed by atoms with E-state index in [2.05, 4.69) is 23.8 Å². The number of hydrogen-bond acceptors (Lipinski definition) is 8. The molecule has 0 saturated heterocycles. The first kappa shape index (κ1) is 22.8. The Kier molecular flexibility index (Phi) is 8.06. The van der Waals surface area contributed by atoms with E-state index in [1.807, 2.05) is 25.1 Å². The minimum absolute atomic E-state index is 0.393. The van der Waals surface area contributed by atoms with Gasteiger partial charge in [0.25, 0.3) is 0 Å². The fraction of sp³-hybridized carbons (Fsp3) is 0.435. The van der Waals surface area contributed by atoms with Gasteiger partial charge in [-0.05, 0) is 44.4 Å². The van der Waals surface area contributed by atoms with Gasteiger partial charge < -0.3 is 20.9 Å². The number of anilines is 2. The number of rotatable bonds is 11. The van der Waals surface area contributed by atoms with Crippen LogP contribution in [0.4, 0.5) is 11.6 Å². The molecule has 0 bridgehead atoms. The van der Waals surface area contributed by atoms with Crippen molar-refractivity contribution in [3.63, 3.8) is 0 Å². The predicted octanol–water partition coefficient (Wildman–Crippen LogP) is 4.69. The van der Waals surface area contributed by atoms with Gasteiger partial charge in [0, 0.05) is 22.9 Å². The molecular formula is C23H31N5O2S. The van der Waals surface area contributed by atoms with Crippen LogP contribution < -0.4 is 20.9 Å². The maximum Gasteiger partial charge on any atom is 0.161 e. The molecule has 7 nitrogen and oxygen atoms in total. The fourth-order valence-corrected chi connectivity index (χ4v) is 4.45. The summed E-state index contributed by atoms with van der Waals surface area (Å²) in [6.07, 6.45) is 4.38. The standard InChI is InChI=1S/C23H31N5O2S/c1-4-7-19-16(9-11-22-27-20(24)14-21(25)28-22)26-23(31-19)15-8-10-17(30-12-5-2)18(13-15)29-6-3/h8,10,13-14H,4-7,9,11-12H2,1-3H3,(H4,24,25,27,28). The smallest absolute Gasteiger partial charge is 0.161 e. The topological polar surface area (TPSA) is 109 Å².